The van der Waals surface area contributed by atoms with Crippen LogP contribution in [0.25, 0.3) is 11.3 Å². The minimum atomic E-state index is -1.04. The zero-order valence-corrected chi connectivity index (χ0v) is 19.1. The highest BCUT2D eigenvalue weighted by Gasteiger charge is 2.21. The Morgan fingerprint density at radius 2 is 1.94 bits per heavy atom. The Kier molecular flexibility index (Phi) is 6.65. The third kappa shape index (κ3) is 4.94. The number of carbonyl (C=O) groups is 2. The second-order valence-corrected chi connectivity index (χ2v) is 7.98. The first kappa shape index (κ1) is 23.1. The molecule has 0 aliphatic carbocycles. The van der Waals surface area contributed by atoms with Crippen LogP contribution in [0.1, 0.15) is 40.3 Å². The van der Waals surface area contributed by atoms with Gasteiger partial charge in [0.2, 0.25) is 0 Å². The van der Waals surface area contributed by atoms with Gasteiger partial charge in [0.1, 0.15) is 23.2 Å². The van der Waals surface area contributed by atoms with Crippen LogP contribution in [0, 0.1) is 6.92 Å². The van der Waals surface area contributed by atoms with Crippen LogP contribution >= 0.6 is 11.6 Å². The van der Waals surface area contributed by atoms with Gasteiger partial charge >= 0.3 is 12.1 Å². The molecule has 0 aliphatic heterocycles. The van der Waals surface area contributed by atoms with Gasteiger partial charge < -0.3 is 18.9 Å². The second kappa shape index (κ2) is 9.80. The maximum atomic E-state index is 12.6. The van der Waals surface area contributed by atoms with Gasteiger partial charge in [-0.25, -0.2) is 14.6 Å². The summed E-state index contributed by atoms with van der Waals surface area (Å²) in [4.78, 5) is 27.7. The van der Waals surface area contributed by atoms with Crippen LogP contribution in [0.5, 0.6) is 0 Å². The highest BCUT2D eigenvalue weighted by Crippen LogP contribution is 2.32. The van der Waals surface area contributed by atoms with Crippen molar-refractivity contribution in [3.63, 3.8) is 0 Å². The lowest BCUT2D eigenvalue weighted by atomic mass is 10.1. The fourth-order valence-electron chi connectivity index (χ4n) is 3.46. The minimum absolute atomic E-state index is 0.103. The fraction of sp³-hybridized carbons (Fsp3) is 0.167. The maximum Gasteiger partial charge on any atom is 0.412 e. The average molecular weight is 481 g/mol. The molecular weight excluding hydrogens is 460 g/mol. The van der Waals surface area contributed by atoms with Crippen molar-refractivity contribution in [3.8, 4) is 11.3 Å². The van der Waals surface area contributed by atoms with Gasteiger partial charge in [-0.3, -0.25) is 5.32 Å². The number of hydrogen-bond donors (Lipinski definition) is 2. The van der Waals surface area contributed by atoms with Gasteiger partial charge in [-0.15, -0.1) is 0 Å². The van der Waals surface area contributed by atoms with E-state index < -0.39 is 18.2 Å². The molecule has 1 amide bonds. The Morgan fingerprint density at radius 1 is 1.21 bits per heavy atom. The molecule has 0 radical (unpaired) electrons. The first-order valence-corrected chi connectivity index (χ1v) is 10.7. The molecule has 0 fully saturated rings. The third-order valence-electron chi connectivity index (χ3n) is 5.22. The van der Waals surface area contributed by atoms with Crippen molar-refractivity contribution in [2.75, 3.05) is 5.32 Å². The molecule has 2 heterocycles. The van der Waals surface area contributed by atoms with E-state index in [2.05, 4.69) is 15.5 Å². The van der Waals surface area contributed by atoms with Crippen LogP contribution < -0.4 is 5.32 Å². The van der Waals surface area contributed by atoms with Gasteiger partial charge in [-0.05, 0) is 25.5 Å². The quantitative estimate of drug-likeness (QED) is 0.355. The van der Waals surface area contributed by atoms with Gasteiger partial charge in [0.15, 0.2) is 5.76 Å². The summed E-state index contributed by atoms with van der Waals surface area (Å²) in [6.45, 7) is 3.78. The number of anilines is 1. The van der Waals surface area contributed by atoms with E-state index in [-0.39, 0.29) is 5.69 Å². The molecular formula is C24H21ClN4O5. The molecule has 1 atom stereocenters. The highest BCUT2D eigenvalue weighted by atomic mass is 35.5. The second-order valence-electron chi connectivity index (χ2n) is 7.58. The Morgan fingerprint density at radius 3 is 2.65 bits per heavy atom. The van der Waals surface area contributed by atoms with Crippen LogP contribution in [0.2, 0.25) is 5.02 Å². The monoisotopic (exact) mass is 480 g/mol. The number of nitrogens with one attached hydrogen (secondary N) is 1. The lowest BCUT2D eigenvalue weighted by Crippen LogP contribution is -2.17. The topological polar surface area (TPSA) is 119 Å². The van der Waals surface area contributed by atoms with Crippen LogP contribution in [-0.4, -0.2) is 31.9 Å². The number of halogens is 1. The number of carbonyl (C=O) groups excluding carboxylic acids is 1. The Balaban J connectivity index is 1.48. The van der Waals surface area contributed by atoms with E-state index in [0.717, 1.165) is 5.56 Å². The van der Waals surface area contributed by atoms with Crippen molar-refractivity contribution in [1.82, 2.24) is 14.7 Å². The molecule has 4 aromatic rings. The number of nitrogens with zero attached hydrogens (tertiary/aromatic N) is 3. The van der Waals surface area contributed by atoms with E-state index in [1.54, 1.807) is 48.7 Å². The standard InChI is InChI=1S/C24H21ClN4O5/c1-14-21(27-24(32)33-15(2)18-5-3-4-6-19(18)25)22(34-28-14)17-9-7-16(8-10-17)12-29-13-26-11-20(29)23(30)31/h3-11,13,15H,12H2,1-2H3,(H,27,32)(H,30,31). The van der Waals surface area contributed by atoms with Crippen molar-refractivity contribution in [3.05, 3.63) is 88.6 Å². The summed E-state index contributed by atoms with van der Waals surface area (Å²) in [7, 11) is 0. The van der Waals surface area contributed by atoms with E-state index in [0.29, 0.717) is 39.8 Å². The number of benzene rings is 2. The zero-order valence-electron chi connectivity index (χ0n) is 18.4. The summed E-state index contributed by atoms with van der Waals surface area (Å²) < 4.78 is 12.5. The van der Waals surface area contributed by atoms with Crippen molar-refractivity contribution >= 4 is 29.4 Å². The molecule has 0 saturated heterocycles. The molecule has 174 valence electrons. The normalized spacial score (nSPS) is 11.7. The highest BCUT2D eigenvalue weighted by molar-refractivity contribution is 6.31. The lowest BCUT2D eigenvalue weighted by Gasteiger charge is -2.15. The van der Waals surface area contributed by atoms with Crippen molar-refractivity contribution in [2.24, 2.45) is 0 Å². The Bertz CT molecular complexity index is 1330. The Labute approximate surface area is 199 Å². The largest absolute Gasteiger partial charge is 0.477 e. The van der Waals surface area contributed by atoms with Gasteiger partial charge in [-0.1, -0.05) is 59.2 Å². The molecule has 34 heavy (non-hydrogen) atoms. The number of hydrogen-bond acceptors (Lipinski definition) is 6. The van der Waals surface area contributed by atoms with Crippen LogP contribution in [0.3, 0.4) is 0 Å². The summed E-state index contributed by atoms with van der Waals surface area (Å²) >= 11 is 6.19. The summed E-state index contributed by atoms with van der Waals surface area (Å²) in [5.41, 5.74) is 3.23. The number of imidazole rings is 1. The maximum absolute atomic E-state index is 12.6. The number of aromatic nitrogens is 3. The summed E-state index contributed by atoms with van der Waals surface area (Å²) in [5.74, 6) is -0.669. The summed E-state index contributed by atoms with van der Waals surface area (Å²) in [6.07, 6.45) is 1.54. The van der Waals surface area contributed by atoms with Crippen LogP contribution in [-0.2, 0) is 11.3 Å². The average Bonchev–Trinajstić information content (AvgIpc) is 3.41. The van der Waals surface area contributed by atoms with Crippen LogP contribution in [0.15, 0.2) is 65.6 Å². The number of carboxylic acids is 1. The Hall–Kier alpha value is -4.11. The number of aromatic carboxylic acids is 1. The molecule has 4 rings (SSSR count). The number of carboxylic acid groups (broad SMARTS) is 1. The number of rotatable bonds is 7. The lowest BCUT2D eigenvalue weighted by molar-refractivity contribution is 0.0685. The van der Waals surface area contributed by atoms with E-state index in [1.165, 1.54) is 12.5 Å². The summed E-state index contributed by atoms with van der Waals surface area (Å²) in [6, 6.07) is 14.4. The smallest absolute Gasteiger partial charge is 0.412 e. The van der Waals surface area contributed by atoms with Gasteiger partial charge in [0, 0.05) is 22.7 Å². The van der Waals surface area contributed by atoms with E-state index in [1.807, 2.05) is 18.2 Å². The number of aryl methyl sites for hydroxylation is 1. The number of amides is 1. The minimum Gasteiger partial charge on any atom is -0.477 e. The first-order valence-electron chi connectivity index (χ1n) is 10.3. The molecule has 10 heteroatoms. The van der Waals surface area contributed by atoms with Crippen molar-refractivity contribution in [1.29, 1.82) is 0 Å². The molecule has 0 aliphatic rings. The molecule has 9 nitrogen and oxygen atoms in total. The van der Waals surface area contributed by atoms with Gasteiger partial charge in [-0.2, -0.15) is 0 Å². The predicted molar refractivity (Wildman–Crippen MR) is 125 cm³/mol. The molecule has 2 aromatic heterocycles. The zero-order chi connectivity index (χ0) is 24.2. The third-order valence-corrected chi connectivity index (χ3v) is 5.56. The van der Waals surface area contributed by atoms with Gasteiger partial charge in [0.25, 0.3) is 0 Å². The molecule has 2 aromatic carbocycles. The molecule has 2 N–H and O–H groups in total. The molecule has 0 saturated carbocycles. The SMILES string of the molecule is Cc1noc(-c2ccc(Cn3cncc3C(=O)O)cc2)c1NC(=O)OC(C)c1ccccc1Cl. The van der Waals surface area contributed by atoms with Crippen molar-refractivity contribution < 1.29 is 24.0 Å². The van der Waals surface area contributed by atoms with E-state index >= 15 is 0 Å². The molecule has 0 bridgehead atoms. The molecule has 0 spiro atoms. The van der Waals surface area contributed by atoms with E-state index in [4.69, 9.17) is 20.9 Å². The predicted octanol–water partition coefficient (Wildman–Crippen LogP) is 5.56. The summed E-state index contributed by atoms with van der Waals surface area (Å²) in [5, 5.41) is 16.4. The first-order chi connectivity index (χ1) is 16.3. The van der Waals surface area contributed by atoms with Gasteiger partial charge in [0.05, 0.1) is 12.5 Å². The van der Waals surface area contributed by atoms with Crippen molar-refractivity contribution in [2.45, 2.75) is 26.5 Å². The molecule has 1 unspecified atom stereocenters. The van der Waals surface area contributed by atoms with E-state index in [9.17, 15) is 14.7 Å². The fourth-order valence-corrected chi connectivity index (χ4v) is 3.75. The number of ether oxygens (including phenoxy) is 1. The van der Waals surface area contributed by atoms with Crippen LogP contribution in [0.4, 0.5) is 10.5 Å².